The van der Waals surface area contributed by atoms with E-state index >= 15 is 0 Å². The smallest absolute Gasteiger partial charge is 0.118 e. The van der Waals surface area contributed by atoms with Crippen LogP contribution in [0, 0.1) is 22.7 Å². The van der Waals surface area contributed by atoms with Gasteiger partial charge >= 0.3 is 0 Å². The highest BCUT2D eigenvalue weighted by molar-refractivity contribution is 5.32. The van der Waals surface area contributed by atoms with Gasteiger partial charge in [0.2, 0.25) is 0 Å². The lowest BCUT2D eigenvalue weighted by Gasteiger charge is -2.63. The van der Waals surface area contributed by atoms with Crippen molar-refractivity contribution in [2.24, 2.45) is 22.7 Å². The summed E-state index contributed by atoms with van der Waals surface area (Å²) in [6.45, 7) is 14.7. The molecule has 2 saturated carbocycles. The molecule has 0 bridgehead atoms. The number of aliphatic hydroxyl groups is 3. The summed E-state index contributed by atoms with van der Waals surface area (Å²) in [7, 11) is 0. The lowest BCUT2D eigenvalue weighted by molar-refractivity contribution is -0.201. The molecule has 0 aromatic carbocycles. The molecule has 1 aliphatic heterocycles. The summed E-state index contributed by atoms with van der Waals surface area (Å²) in [5.41, 5.74) is 0.610. The molecule has 0 spiro atoms. The largest absolute Gasteiger partial charge is 0.491 e. The lowest BCUT2D eigenvalue weighted by Crippen LogP contribution is -2.62. The van der Waals surface area contributed by atoms with E-state index in [1.54, 1.807) is 0 Å². The van der Waals surface area contributed by atoms with Crippen molar-refractivity contribution in [2.75, 3.05) is 13.2 Å². The molecular weight excluding hydrogens is 328 g/mol. The molecule has 3 fully saturated rings. The molecule has 3 rings (SSSR count). The van der Waals surface area contributed by atoms with Gasteiger partial charge in [0, 0.05) is 11.0 Å². The van der Waals surface area contributed by atoms with Crippen LogP contribution in [0.5, 0.6) is 0 Å². The maximum atomic E-state index is 11.0. The Kier molecular flexibility index (Phi) is 4.92. The third-order valence-electron chi connectivity index (χ3n) is 7.99. The molecule has 1 saturated heterocycles. The van der Waals surface area contributed by atoms with Crippen LogP contribution in [0.25, 0.3) is 0 Å². The summed E-state index contributed by atoms with van der Waals surface area (Å²) in [6, 6.07) is 0. The Morgan fingerprint density at radius 3 is 2.50 bits per heavy atom. The second kappa shape index (κ2) is 6.50. The van der Waals surface area contributed by atoms with Crippen LogP contribution in [0.3, 0.4) is 0 Å². The van der Waals surface area contributed by atoms with Crippen LogP contribution < -0.4 is 0 Å². The summed E-state index contributed by atoms with van der Waals surface area (Å²) in [5.74, 6) is 1.05. The summed E-state index contributed by atoms with van der Waals surface area (Å²) in [5, 5.41) is 31.3. The van der Waals surface area contributed by atoms with Crippen molar-refractivity contribution in [3.05, 3.63) is 36.1 Å². The number of fused-ring (bicyclic) bond motifs is 1. The van der Waals surface area contributed by atoms with E-state index < -0.39 is 17.1 Å². The van der Waals surface area contributed by atoms with Crippen LogP contribution in [0.1, 0.15) is 52.9 Å². The normalized spacial score (nSPS) is 47.8. The van der Waals surface area contributed by atoms with Gasteiger partial charge in [0.15, 0.2) is 0 Å². The number of hydrogen-bond donors (Lipinski definition) is 3. The maximum Gasteiger partial charge on any atom is 0.118 e. The molecule has 2 aliphatic carbocycles. The molecule has 26 heavy (non-hydrogen) atoms. The number of hydrogen-bond acceptors (Lipinski definition) is 4. The fraction of sp³-hybridized carbons (Fsp3) is 0.727. The molecule has 0 unspecified atom stereocenters. The van der Waals surface area contributed by atoms with E-state index in [2.05, 4.69) is 26.2 Å². The van der Waals surface area contributed by atoms with E-state index in [1.807, 2.05) is 13.8 Å². The van der Waals surface area contributed by atoms with Gasteiger partial charge in [-0.2, -0.15) is 0 Å². The minimum atomic E-state index is -0.864. The van der Waals surface area contributed by atoms with Crippen LogP contribution in [0.15, 0.2) is 36.1 Å². The van der Waals surface area contributed by atoms with Crippen molar-refractivity contribution in [1.29, 1.82) is 0 Å². The zero-order valence-corrected chi connectivity index (χ0v) is 16.4. The molecule has 1 heterocycles. The highest BCUT2D eigenvalue weighted by Gasteiger charge is 2.61. The Morgan fingerprint density at radius 1 is 1.23 bits per heavy atom. The average Bonchev–Trinajstić information content (AvgIpc) is 2.90. The standard InChI is InChI=1S/C22H34O4/c1-14-6-9-19-20(3,10-11-22(5,25)21(19,4)13-23)17(14)8-7-16-15(2)26-12-18(16)24/h7,17-19,23-25H,1-2,6,8-13H2,3-5H3/b16-7-/t17-,18-,19+,20+,21+,22-/m1/s1. The van der Waals surface area contributed by atoms with Crippen molar-refractivity contribution in [1.82, 2.24) is 0 Å². The summed E-state index contributed by atoms with van der Waals surface area (Å²) in [4.78, 5) is 0. The Hall–Kier alpha value is -1.10. The third-order valence-corrected chi connectivity index (χ3v) is 7.99. The highest BCUT2D eigenvalue weighted by atomic mass is 16.5. The Balaban J connectivity index is 1.92. The first kappa shape index (κ1) is 19.7. The van der Waals surface area contributed by atoms with Crippen LogP contribution in [-0.4, -0.2) is 40.2 Å². The molecule has 0 amide bonds. The van der Waals surface area contributed by atoms with Gasteiger partial charge in [0.25, 0.3) is 0 Å². The molecule has 0 aromatic heterocycles. The number of rotatable bonds is 3. The van der Waals surface area contributed by atoms with Gasteiger partial charge in [-0.25, -0.2) is 0 Å². The van der Waals surface area contributed by atoms with Crippen LogP contribution in [0.4, 0.5) is 0 Å². The Morgan fingerprint density at radius 2 is 1.92 bits per heavy atom. The van der Waals surface area contributed by atoms with Crippen LogP contribution in [-0.2, 0) is 4.74 Å². The van der Waals surface area contributed by atoms with Gasteiger partial charge in [0.05, 0.1) is 12.2 Å². The summed E-state index contributed by atoms with van der Waals surface area (Å²) < 4.78 is 5.35. The first-order valence-electron chi connectivity index (χ1n) is 9.78. The molecule has 0 aromatic rings. The minimum Gasteiger partial charge on any atom is -0.491 e. The number of aliphatic hydroxyl groups excluding tert-OH is 2. The van der Waals surface area contributed by atoms with Crippen LogP contribution in [0.2, 0.25) is 0 Å². The summed E-state index contributed by atoms with van der Waals surface area (Å²) >= 11 is 0. The Labute approximate surface area is 157 Å². The zero-order chi connectivity index (χ0) is 19.3. The van der Waals surface area contributed by atoms with Gasteiger partial charge in [-0.1, -0.05) is 38.7 Å². The van der Waals surface area contributed by atoms with Gasteiger partial charge in [-0.15, -0.1) is 0 Å². The molecule has 3 N–H and O–H groups in total. The topological polar surface area (TPSA) is 69.9 Å². The van der Waals surface area contributed by atoms with Crippen molar-refractivity contribution >= 4 is 0 Å². The predicted molar refractivity (Wildman–Crippen MR) is 102 cm³/mol. The van der Waals surface area contributed by atoms with Gasteiger partial charge in [-0.3, -0.25) is 0 Å². The number of allylic oxidation sites excluding steroid dienone is 2. The molecule has 6 atom stereocenters. The predicted octanol–water partition coefficient (Wildman–Crippen LogP) is 3.34. The van der Waals surface area contributed by atoms with Crippen molar-refractivity contribution < 1.29 is 20.1 Å². The van der Waals surface area contributed by atoms with E-state index in [9.17, 15) is 15.3 Å². The molecular formula is C22H34O4. The fourth-order valence-corrected chi connectivity index (χ4v) is 5.86. The molecule has 0 radical (unpaired) electrons. The lowest BCUT2D eigenvalue weighted by atomic mass is 9.43. The summed E-state index contributed by atoms with van der Waals surface area (Å²) in [6.07, 6.45) is 5.70. The molecule has 3 aliphatic rings. The van der Waals surface area contributed by atoms with Gasteiger partial charge in [0.1, 0.15) is 18.5 Å². The first-order chi connectivity index (χ1) is 12.1. The average molecular weight is 363 g/mol. The molecule has 4 heteroatoms. The van der Waals surface area contributed by atoms with Crippen molar-refractivity contribution in [2.45, 2.75) is 64.6 Å². The van der Waals surface area contributed by atoms with Gasteiger partial charge in [-0.05, 0) is 56.3 Å². The van der Waals surface area contributed by atoms with Crippen molar-refractivity contribution in [3.8, 4) is 0 Å². The highest BCUT2D eigenvalue weighted by Crippen LogP contribution is 2.64. The SMILES string of the molecule is C=C1OC[C@@H](O)/C1=C\C[C@@H]1C(=C)CC[C@H]2[C@@]1(C)CC[C@@](C)(O)[C@@]2(C)CO. The second-order valence-corrected chi connectivity index (χ2v) is 9.30. The van der Waals surface area contributed by atoms with E-state index in [0.29, 0.717) is 12.2 Å². The van der Waals surface area contributed by atoms with E-state index in [-0.39, 0.29) is 30.5 Å². The minimum absolute atomic E-state index is 0.0100. The fourth-order valence-electron chi connectivity index (χ4n) is 5.86. The molecule has 4 nitrogen and oxygen atoms in total. The molecule has 146 valence electrons. The van der Waals surface area contributed by atoms with Gasteiger partial charge < -0.3 is 20.1 Å². The van der Waals surface area contributed by atoms with E-state index in [4.69, 9.17) is 4.74 Å². The van der Waals surface area contributed by atoms with E-state index in [0.717, 1.165) is 31.3 Å². The number of ether oxygens (including phenoxy) is 1. The zero-order valence-electron chi connectivity index (χ0n) is 16.4. The third kappa shape index (κ3) is 2.78. The van der Waals surface area contributed by atoms with Crippen LogP contribution >= 0.6 is 0 Å². The monoisotopic (exact) mass is 362 g/mol. The maximum absolute atomic E-state index is 11.0. The van der Waals surface area contributed by atoms with E-state index in [1.165, 1.54) is 5.57 Å². The first-order valence-corrected chi connectivity index (χ1v) is 9.78. The Bertz CT molecular complexity index is 634. The quantitative estimate of drug-likeness (QED) is 0.674. The van der Waals surface area contributed by atoms with Crippen molar-refractivity contribution in [3.63, 3.8) is 0 Å². The second-order valence-electron chi connectivity index (χ2n) is 9.30.